The number of nitrogens with two attached hydrogens (primary N) is 1. The average molecular weight is 675 g/mol. The number of fused-ring (bicyclic) bond motifs is 2. The van der Waals surface area contributed by atoms with Crippen molar-refractivity contribution in [3.8, 4) is 29.5 Å². The lowest BCUT2D eigenvalue weighted by Gasteiger charge is -2.44. The summed E-state index contributed by atoms with van der Waals surface area (Å²) in [4.78, 5) is 11.7. The summed E-state index contributed by atoms with van der Waals surface area (Å²) in [5.41, 5.74) is 10.5. The van der Waals surface area contributed by atoms with Gasteiger partial charge in [-0.3, -0.25) is 4.90 Å². The molecule has 258 valence electrons. The van der Waals surface area contributed by atoms with Gasteiger partial charge in [0.2, 0.25) is 0 Å². The molecule has 2 atom stereocenters. The van der Waals surface area contributed by atoms with E-state index in [1.54, 1.807) is 12.1 Å². The van der Waals surface area contributed by atoms with Crippen LogP contribution in [0, 0.1) is 47.6 Å². The first-order valence-corrected chi connectivity index (χ1v) is 17.5. The highest BCUT2D eigenvalue weighted by molar-refractivity contribution is 5.98. The maximum absolute atomic E-state index is 17.0. The first-order chi connectivity index (χ1) is 24.1. The first-order valence-electron chi connectivity index (χ1n) is 17.5. The van der Waals surface area contributed by atoms with Gasteiger partial charge in [-0.15, -0.1) is 6.42 Å². The predicted octanol–water partition coefficient (Wildman–Crippen LogP) is 7.85. The molecule has 2 saturated carbocycles. The standard InChI is InChI=1S/C41H44F2N6O/c1-4-28-9-5-6-10-29-20-26(2)21-31(34(28)29)35-33(42)22-32-37(36(35)43)47-39(48-38(32)46-23-30-11-14-40(30,3)45)50-25-41(15-16-41)24-49-18-12-27(13-19-49)8-7-17-44/h1,6-10,12,17,20-22,30,44H,5,11,13-16,18-19,23-25,45H2,2-3H3,(H,46,47,48)/b8-7-,44-17?. The van der Waals surface area contributed by atoms with Gasteiger partial charge in [0.05, 0.1) is 12.2 Å². The van der Waals surface area contributed by atoms with Crippen LogP contribution in [0.2, 0.25) is 0 Å². The van der Waals surface area contributed by atoms with Crippen molar-refractivity contribution in [1.82, 2.24) is 14.9 Å². The second kappa shape index (κ2) is 13.6. The molecule has 1 aliphatic heterocycles. The normalized spacial score (nSPS) is 22.6. The van der Waals surface area contributed by atoms with E-state index >= 15 is 8.78 Å². The molecule has 1 aromatic heterocycles. The zero-order valence-corrected chi connectivity index (χ0v) is 28.8. The molecule has 2 unspecified atom stereocenters. The lowest BCUT2D eigenvalue weighted by Crippen LogP contribution is -2.54. The van der Waals surface area contributed by atoms with Gasteiger partial charge in [-0.25, -0.2) is 8.78 Å². The number of hydrogen-bond donors (Lipinski definition) is 3. The Morgan fingerprint density at radius 2 is 2.02 bits per heavy atom. The summed E-state index contributed by atoms with van der Waals surface area (Å²) in [6, 6.07) is 5.14. The van der Waals surface area contributed by atoms with Crippen LogP contribution in [0.25, 0.3) is 33.7 Å². The van der Waals surface area contributed by atoms with Crippen LogP contribution in [0.15, 0.2) is 54.2 Å². The molecule has 0 amide bonds. The number of benzene rings is 2. The Morgan fingerprint density at radius 3 is 2.70 bits per heavy atom. The summed E-state index contributed by atoms with van der Waals surface area (Å²) in [6.07, 6.45) is 24.5. The van der Waals surface area contributed by atoms with Crippen molar-refractivity contribution >= 4 is 34.6 Å². The van der Waals surface area contributed by atoms with E-state index in [4.69, 9.17) is 22.3 Å². The molecule has 3 aromatic rings. The summed E-state index contributed by atoms with van der Waals surface area (Å²) in [7, 11) is 0. The van der Waals surface area contributed by atoms with Crippen LogP contribution in [-0.2, 0) is 0 Å². The van der Waals surface area contributed by atoms with Crippen LogP contribution in [0.4, 0.5) is 14.6 Å². The maximum Gasteiger partial charge on any atom is 0.319 e. The Hall–Kier alpha value is -4.65. The SMILES string of the molecule is C#CC1=CCC=Cc2cc(C)cc(-c3c(F)cc4c(NCC5CCC5(C)N)nc(OCC5(CN6CC=C(/C=C\C=N)CC6)CC5)nc4c3F)c21. The van der Waals surface area contributed by atoms with Gasteiger partial charge < -0.3 is 21.2 Å². The van der Waals surface area contributed by atoms with Crippen molar-refractivity contribution in [3.05, 3.63) is 82.5 Å². The molecule has 7 rings (SSSR count). The Morgan fingerprint density at radius 1 is 1.18 bits per heavy atom. The van der Waals surface area contributed by atoms with E-state index in [0.29, 0.717) is 42.1 Å². The van der Waals surface area contributed by atoms with Crippen molar-refractivity contribution in [2.24, 2.45) is 17.1 Å². The van der Waals surface area contributed by atoms with Crippen molar-refractivity contribution in [2.45, 2.75) is 57.9 Å². The van der Waals surface area contributed by atoms with Crippen LogP contribution in [0.5, 0.6) is 6.01 Å². The molecule has 7 nitrogen and oxygen atoms in total. The van der Waals surface area contributed by atoms with E-state index in [0.717, 1.165) is 62.9 Å². The van der Waals surface area contributed by atoms with Crippen LogP contribution in [0.3, 0.4) is 0 Å². The molecule has 9 heteroatoms. The number of aryl methyl sites for hydroxylation is 1. The monoisotopic (exact) mass is 674 g/mol. The minimum Gasteiger partial charge on any atom is -0.463 e. The van der Waals surface area contributed by atoms with E-state index in [1.165, 1.54) is 17.9 Å². The lowest BCUT2D eigenvalue weighted by molar-refractivity contribution is 0.158. The number of allylic oxidation sites excluding steroid dienone is 5. The predicted molar refractivity (Wildman–Crippen MR) is 198 cm³/mol. The summed E-state index contributed by atoms with van der Waals surface area (Å²) in [6.45, 7) is 7.50. The van der Waals surface area contributed by atoms with E-state index in [1.807, 2.05) is 44.2 Å². The highest BCUT2D eigenvalue weighted by atomic mass is 19.1. The van der Waals surface area contributed by atoms with Crippen LogP contribution < -0.4 is 15.8 Å². The van der Waals surface area contributed by atoms with E-state index < -0.39 is 11.6 Å². The number of halogens is 2. The number of nitrogens with one attached hydrogen (secondary N) is 2. The molecule has 50 heavy (non-hydrogen) atoms. The molecular weight excluding hydrogens is 630 g/mol. The summed E-state index contributed by atoms with van der Waals surface area (Å²) in [5.74, 6) is 1.76. The zero-order chi connectivity index (χ0) is 35.0. The third-order valence-electron chi connectivity index (χ3n) is 10.9. The fourth-order valence-corrected chi connectivity index (χ4v) is 7.45. The van der Waals surface area contributed by atoms with E-state index in [2.05, 4.69) is 32.2 Å². The van der Waals surface area contributed by atoms with Gasteiger partial charge in [0.15, 0.2) is 5.82 Å². The number of terminal acetylenes is 1. The largest absolute Gasteiger partial charge is 0.463 e. The smallest absolute Gasteiger partial charge is 0.319 e. The van der Waals surface area contributed by atoms with Crippen molar-refractivity contribution in [1.29, 1.82) is 5.41 Å². The van der Waals surface area contributed by atoms with E-state index in [9.17, 15) is 0 Å². The fraction of sp³-hybridized carbons (Fsp3) is 0.390. The van der Waals surface area contributed by atoms with E-state index in [-0.39, 0.29) is 39.3 Å². The van der Waals surface area contributed by atoms with Crippen molar-refractivity contribution in [2.75, 3.05) is 38.1 Å². The second-order valence-electron chi connectivity index (χ2n) is 14.7. The number of anilines is 1. The van der Waals surface area contributed by atoms with Gasteiger partial charge in [-0.1, -0.05) is 48.4 Å². The first kappa shape index (κ1) is 33.8. The third-order valence-corrected chi connectivity index (χ3v) is 10.9. The van der Waals surface area contributed by atoms with Gasteiger partial charge >= 0.3 is 6.01 Å². The van der Waals surface area contributed by atoms with Crippen molar-refractivity contribution in [3.63, 3.8) is 0 Å². The molecule has 2 aromatic carbocycles. The number of hydrogen-bond acceptors (Lipinski definition) is 7. The highest BCUT2D eigenvalue weighted by Gasteiger charge is 2.45. The molecule has 0 saturated heterocycles. The number of aromatic nitrogens is 2. The molecule has 2 fully saturated rings. The van der Waals surface area contributed by atoms with Gasteiger partial charge in [0.25, 0.3) is 0 Å². The Kier molecular flexibility index (Phi) is 9.19. The Labute approximate surface area is 292 Å². The fourth-order valence-electron chi connectivity index (χ4n) is 7.45. The summed E-state index contributed by atoms with van der Waals surface area (Å²) in [5, 5.41) is 10.8. The van der Waals surface area contributed by atoms with Gasteiger partial charge in [0, 0.05) is 59.9 Å². The molecule has 0 radical (unpaired) electrons. The quantitative estimate of drug-likeness (QED) is 0.142. The lowest BCUT2D eigenvalue weighted by atomic mass is 9.68. The topological polar surface area (TPSA) is 100 Å². The second-order valence-corrected chi connectivity index (χ2v) is 14.7. The van der Waals surface area contributed by atoms with Gasteiger partial charge in [-0.05, 0) is 92.7 Å². The van der Waals surface area contributed by atoms with Crippen LogP contribution >= 0.6 is 0 Å². The molecule has 0 spiro atoms. The van der Waals surface area contributed by atoms with Gasteiger partial charge in [0.1, 0.15) is 17.2 Å². The summed E-state index contributed by atoms with van der Waals surface area (Å²) < 4.78 is 39.6. The maximum atomic E-state index is 17.0. The zero-order valence-electron chi connectivity index (χ0n) is 28.8. The Bertz CT molecular complexity index is 2020. The minimum absolute atomic E-state index is 0.0137. The third kappa shape index (κ3) is 6.75. The number of rotatable bonds is 11. The molecule has 2 heterocycles. The minimum atomic E-state index is -0.783. The van der Waals surface area contributed by atoms with Crippen molar-refractivity contribution < 1.29 is 13.5 Å². The molecule has 4 aliphatic rings. The van der Waals surface area contributed by atoms with Gasteiger partial charge in [-0.2, -0.15) is 9.97 Å². The molecular formula is C41H44F2N6O. The van der Waals surface area contributed by atoms with Crippen LogP contribution in [0.1, 0.15) is 62.1 Å². The Balaban J connectivity index is 1.24. The molecule has 0 bridgehead atoms. The number of ether oxygens (including phenoxy) is 1. The summed E-state index contributed by atoms with van der Waals surface area (Å²) >= 11 is 0. The highest BCUT2D eigenvalue weighted by Crippen LogP contribution is 2.47. The van der Waals surface area contributed by atoms with Crippen LogP contribution in [-0.4, -0.2) is 59.4 Å². The molecule has 4 N–H and O–H groups in total. The number of nitrogens with zero attached hydrogens (tertiary/aromatic N) is 3. The molecule has 3 aliphatic carbocycles. The average Bonchev–Trinajstić information content (AvgIpc) is 3.89.